The maximum absolute atomic E-state index is 11.5. The van der Waals surface area contributed by atoms with E-state index in [1.54, 1.807) is 14.0 Å². The van der Waals surface area contributed by atoms with Crippen molar-refractivity contribution in [1.29, 1.82) is 0 Å². The molecule has 3 rings (SSSR count). The Labute approximate surface area is 161 Å². The van der Waals surface area contributed by atoms with Crippen LogP contribution in [0.5, 0.6) is 5.75 Å². The van der Waals surface area contributed by atoms with Crippen molar-refractivity contribution in [3.05, 3.63) is 77.4 Å². The summed E-state index contributed by atoms with van der Waals surface area (Å²) in [5.41, 5.74) is 1.46. The first-order valence-electron chi connectivity index (χ1n) is 8.13. The van der Waals surface area contributed by atoms with Crippen molar-refractivity contribution in [2.75, 3.05) is 7.11 Å². The summed E-state index contributed by atoms with van der Waals surface area (Å²) in [6, 6.07) is 20.8. The lowest BCUT2D eigenvalue weighted by molar-refractivity contribution is 0.254. The summed E-state index contributed by atoms with van der Waals surface area (Å²) in [6.45, 7) is 1.78. The SMILES string of the molecule is COc1ccc2cc(/C(C)=C(\OP(=O)(O)O)Sc3ccccc3)ccc2c1. The van der Waals surface area contributed by atoms with Gasteiger partial charge in [-0.3, -0.25) is 9.79 Å². The Morgan fingerprint density at radius 3 is 2.30 bits per heavy atom. The lowest BCUT2D eigenvalue weighted by atomic mass is 10.0. The maximum Gasteiger partial charge on any atom is 0.525 e. The second-order valence-electron chi connectivity index (χ2n) is 5.84. The minimum atomic E-state index is -4.69. The van der Waals surface area contributed by atoms with E-state index >= 15 is 0 Å². The molecular formula is C20H19O5PS. The zero-order chi connectivity index (χ0) is 19.4. The summed E-state index contributed by atoms with van der Waals surface area (Å²) in [5.74, 6) is 0.771. The highest BCUT2D eigenvalue weighted by Crippen LogP contribution is 2.46. The predicted molar refractivity (Wildman–Crippen MR) is 109 cm³/mol. The molecule has 0 radical (unpaired) electrons. The van der Waals surface area contributed by atoms with E-state index in [9.17, 15) is 14.4 Å². The molecule has 0 atom stereocenters. The number of phosphoric acid groups is 1. The lowest BCUT2D eigenvalue weighted by Crippen LogP contribution is -1.92. The average Bonchev–Trinajstić information content (AvgIpc) is 2.65. The number of phosphoric ester groups is 1. The number of hydrogen-bond acceptors (Lipinski definition) is 4. The van der Waals surface area contributed by atoms with Crippen molar-refractivity contribution in [3.63, 3.8) is 0 Å². The molecule has 3 aromatic carbocycles. The third-order valence-electron chi connectivity index (χ3n) is 3.94. The standard InChI is InChI=1S/C20H19O5PS/c1-14(15-8-9-17-13-18(24-2)11-10-16(17)12-15)20(25-26(21,22)23)27-19-6-4-3-5-7-19/h3-13H,1-2H3,(H2,21,22,23)/b20-14+. The van der Waals surface area contributed by atoms with Crippen LogP contribution in [0.15, 0.2) is 76.7 Å². The molecule has 0 saturated carbocycles. The van der Waals surface area contributed by atoms with Gasteiger partial charge >= 0.3 is 7.82 Å². The minimum absolute atomic E-state index is 0.169. The highest BCUT2D eigenvalue weighted by atomic mass is 32.2. The number of fused-ring (bicyclic) bond motifs is 1. The number of rotatable bonds is 6. The Morgan fingerprint density at radius 2 is 1.63 bits per heavy atom. The van der Waals surface area contributed by atoms with E-state index in [1.807, 2.05) is 66.7 Å². The molecular weight excluding hydrogens is 383 g/mol. The third-order valence-corrected chi connectivity index (χ3v) is 5.57. The number of allylic oxidation sites excluding steroid dienone is 1. The van der Waals surface area contributed by atoms with E-state index in [0.29, 0.717) is 5.57 Å². The molecule has 0 bridgehead atoms. The Balaban J connectivity index is 2.04. The van der Waals surface area contributed by atoms with Crippen LogP contribution >= 0.6 is 19.6 Å². The van der Waals surface area contributed by atoms with Crippen molar-refractivity contribution in [1.82, 2.24) is 0 Å². The van der Waals surface area contributed by atoms with Crippen LogP contribution in [0, 0.1) is 0 Å². The first-order valence-corrected chi connectivity index (χ1v) is 10.5. The average molecular weight is 402 g/mol. The van der Waals surface area contributed by atoms with Gasteiger partial charge in [0.25, 0.3) is 0 Å². The van der Waals surface area contributed by atoms with E-state index in [1.165, 1.54) is 11.8 Å². The highest BCUT2D eigenvalue weighted by Gasteiger charge is 2.21. The Bertz CT molecular complexity index is 1030. The third kappa shape index (κ3) is 5.15. The number of methoxy groups -OCH3 is 1. The van der Waals surface area contributed by atoms with Crippen molar-refractivity contribution in [2.24, 2.45) is 0 Å². The molecule has 0 heterocycles. The number of thioether (sulfide) groups is 1. The van der Waals surface area contributed by atoms with E-state index in [2.05, 4.69) is 0 Å². The predicted octanol–water partition coefficient (Wildman–Crippen LogP) is 5.44. The summed E-state index contributed by atoms with van der Waals surface area (Å²) in [6.07, 6.45) is 0. The molecule has 0 aliphatic carbocycles. The van der Waals surface area contributed by atoms with Gasteiger partial charge in [0.15, 0.2) is 5.09 Å². The van der Waals surface area contributed by atoms with Gasteiger partial charge in [0, 0.05) is 10.5 Å². The summed E-state index contributed by atoms with van der Waals surface area (Å²) in [7, 11) is -3.07. The van der Waals surface area contributed by atoms with Gasteiger partial charge in [-0.05, 0) is 53.6 Å². The smallest absolute Gasteiger partial charge is 0.497 e. The van der Waals surface area contributed by atoms with Crippen LogP contribution in [-0.4, -0.2) is 16.9 Å². The topological polar surface area (TPSA) is 76.0 Å². The van der Waals surface area contributed by atoms with E-state index in [-0.39, 0.29) is 5.09 Å². The van der Waals surface area contributed by atoms with Gasteiger partial charge in [0.05, 0.1) is 7.11 Å². The van der Waals surface area contributed by atoms with Crippen LogP contribution in [-0.2, 0) is 9.09 Å². The molecule has 2 N–H and O–H groups in total. The van der Waals surface area contributed by atoms with Gasteiger partial charge in [0.2, 0.25) is 0 Å². The summed E-state index contributed by atoms with van der Waals surface area (Å²) in [5, 5.41) is 2.18. The van der Waals surface area contributed by atoms with Crippen LogP contribution in [0.3, 0.4) is 0 Å². The summed E-state index contributed by atoms with van der Waals surface area (Å²) in [4.78, 5) is 19.5. The van der Waals surface area contributed by atoms with Gasteiger partial charge in [-0.15, -0.1) is 0 Å². The molecule has 0 fully saturated rings. The van der Waals surface area contributed by atoms with Crippen molar-refractivity contribution < 1.29 is 23.6 Å². The van der Waals surface area contributed by atoms with E-state index in [0.717, 1.165) is 27.0 Å². The highest BCUT2D eigenvalue weighted by molar-refractivity contribution is 8.03. The Morgan fingerprint density at radius 1 is 0.963 bits per heavy atom. The van der Waals surface area contributed by atoms with Crippen LogP contribution in [0.1, 0.15) is 12.5 Å². The van der Waals surface area contributed by atoms with Gasteiger partial charge in [-0.2, -0.15) is 0 Å². The molecule has 3 aromatic rings. The van der Waals surface area contributed by atoms with Crippen LogP contribution in [0.25, 0.3) is 16.3 Å². The fourth-order valence-electron chi connectivity index (χ4n) is 2.57. The quantitative estimate of drug-likeness (QED) is 0.325. The molecule has 27 heavy (non-hydrogen) atoms. The minimum Gasteiger partial charge on any atom is -0.497 e. The molecule has 0 aliphatic heterocycles. The zero-order valence-corrected chi connectivity index (χ0v) is 16.5. The van der Waals surface area contributed by atoms with E-state index < -0.39 is 7.82 Å². The van der Waals surface area contributed by atoms with E-state index in [4.69, 9.17) is 9.26 Å². The van der Waals surface area contributed by atoms with Crippen LogP contribution < -0.4 is 4.74 Å². The first-order chi connectivity index (χ1) is 12.9. The fraction of sp³-hybridized carbons (Fsp3) is 0.100. The molecule has 0 aromatic heterocycles. The monoisotopic (exact) mass is 402 g/mol. The van der Waals surface area contributed by atoms with Crippen LogP contribution in [0.2, 0.25) is 0 Å². The Hall–Kier alpha value is -2.24. The zero-order valence-electron chi connectivity index (χ0n) is 14.8. The Kier molecular flexibility index (Phi) is 5.92. The second kappa shape index (κ2) is 8.19. The lowest BCUT2D eigenvalue weighted by Gasteiger charge is -2.15. The number of hydrogen-bond donors (Lipinski definition) is 2. The number of benzene rings is 3. The molecule has 0 aliphatic rings. The molecule has 0 spiro atoms. The summed E-state index contributed by atoms with van der Waals surface area (Å²) < 4.78 is 21.7. The molecule has 0 unspecified atom stereocenters. The van der Waals surface area contributed by atoms with Gasteiger partial charge < -0.3 is 9.26 Å². The second-order valence-corrected chi connectivity index (χ2v) is 8.05. The largest absolute Gasteiger partial charge is 0.525 e. The molecule has 7 heteroatoms. The van der Waals surface area contributed by atoms with Gasteiger partial charge in [-0.1, -0.05) is 48.2 Å². The van der Waals surface area contributed by atoms with Gasteiger partial charge in [0.1, 0.15) is 5.75 Å². The molecule has 0 amide bonds. The van der Waals surface area contributed by atoms with Crippen molar-refractivity contribution in [2.45, 2.75) is 11.8 Å². The summed E-state index contributed by atoms with van der Waals surface area (Å²) >= 11 is 1.18. The normalized spacial score (nSPS) is 12.6. The molecule has 140 valence electrons. The maximum atomic E-state index is 11.5. The number of ether oxygens (including phenoxy) is 1. The van der Waals surface area contributed by atoms with Crippen LogP contribution in [0.4, 0.5) is 0 Å². The molecule has 0 saturated heterocycles. The molecule has 5 nitrogen and oxygen atoms in total. The first kappa shape index (κ1) is 19.5. The van der Waals surface area contributed by atoms with Gasteiger partial charge in [-0.25, -0.2) is 4.57 Å². The van der Waals surface area contributed by atoms with Crippen molar-refractivity contribution >= 4 is 35.9 Å². The fourth-order valence-corrected chi connectivity index (χ4v) is 4.14. The van der Waals surface area contributed by atoms with Crippen molar-refractivity contribution in [3.8, 4) is 5.75 Å².